The van der Waals surface area contributed by atoms with Crippen molar-refractivity contribution in [2.45, 2.75) is 19.4 Å². The highest BCUT2D eigenvalue weighted by molar-refractivity contribution is 5.88. The highest BCUT2D eigenvalue weighted by Gasteiger charge is 2.27. The van der Waals surface area contributed by atoms with Gasteiger partial charge in [0, 0.05) is 26.2 Å². The van der Waals surface area contributed by atoms with E-state index in [4.69, 9.17) is 0 Å². The number of carbonyl (C=O) groups is 1. The van der Waals surface area contributed by atoms with Gasteiger partial charge in [-0.3, -0.25) is 4.79 Å². The smallest absolute Gasteiger partial charge is 0.246 e. The van der Waals surface area contributed by atoms with Crippen LogP contribution in [0.15, 0.2) is 24.3 Å². The molecule has 0 bridgehead atoms. The van der Waals surface area contributed by atoms with Crippen LogP contribution in [-0.2, 0) is 4.79 Å². The molecule has 1 aliphatic heterocycles. The number of carbonyl (C=O) groups excluding carboxylic acids is 1. The third-order valence-electron chi connectivity index (χ3n) is 3.67. The van der Waals surface area contributed by atoms with Crippen LogP contribution in [0.1, 0.15) is 13.3 Å². The zero-order chi connectivity index (χ0) is 15.2. The number of likely N-dealkylation sites (N-methyl/N-ethyl adjacent to an activating group) is 1. The minimum absolute atomic E-state index is 0.181. The number of hydrogen-bond acceptors (Lipinski definition) is 4. The Morgan fingerprint density at radius 2 is 1.90 bits per heavy atom. The summed E-state index contributed by atoms with van der Waals surface area (Å²) in [6.07, 6.45) is 0.982. The Labute approximate surface area is 127 Å². The summed E-state index contributed by atoms with van der Waals surface area (Å²) in [5.74, 6) is 0.181. The van der Waals surface area contributed by atoms with Crippen molar-refractivity contribution < 1.29 is 4.79 Å². The van der Waals surface area contributed by atoms with Crippen molar-refractivity contribution >= 4 is 17.3 Å². The molecule has 2 N–H and O–H groups in total. The van der Waals surface area contributed by atoms with Crippen LogP contribution in [0.3, 0.4) is 0 Å². The molecule has 1 unspecified atom stereocenters. The summed E-state index contributed by atoms with van der Waals surface area (Å²) in [5.41, 5.74) is 2.07. The molecule has 0 saturated carbocycles. The molecule has 1 amide bonds. The second-order valence-corrected chi connectivity index (χ2v) is 5.75. The number of benzene rings is 1. The molecular formula is C16H26N4O. The second kappa shape index (κ2) is 7.31. The Morgan fingerprint density at radius 3 is 2.57 bits per heavy atom. The molecule has 1 atom stereocenters. The lowest BCUT2D eigenvalue weighted by atomic mass is 10.1. The van der Waals surface area contributed by atoms with Gasteiger partial charge in [0.15, 0.2) is 0 Å². The van der Waals surface area contributed by atoms with Gasteiger partial charge in [0.05, 0.1) is 11.4 Å². The van der Waals surface area contributed by atoms with Gasteiger partial charge in [-0.2, -0.15) is 0 Å². The number of para-hydroxylation sites is 2. The van der Waals surface area contributed by atoms with E-state index in [9.17, 15) is 4.79 Å². The Hall–Kier alpha value is -1.75. The molecule has 0 aromatic heterocycles. The average molecular weight is 290 g/mol. The van der Waals surface area contributed by atoms with E-state index < -0.39 is 0 Å². The van der Waals surface area contributed by atoms with Gasteiger partial charge in [0.1, 0.15) is 6.04 Å². The van der Waals surface area contributed by atoms with Gasteiger partial charge in [-0.15, -0.1) is 0 Å². The van der Waals surface area contributed by atoms with Crippen molar-refractivity contribution in [1.29, 1.82) is 0 Å². The number of hydrogen-bond donors (Lipinski definition) is 2. The lowest BCUT2D eigenvalue weighted by Crippen LogP contribution is -2.49. The van der Waals surface area contributed by atoms with E-state index in [1.165, 1.54) is 0 Å². The summed E-state index contributed by atoms with van der Waals surface area (Å²) in [6, 6.07) is 7.82. The molecule has 2 rings (SSSR count). The second-order valence-electron chi connectivity index (χ2n) is 5.75. The van der Waals surface area contributed by atoms with Gasteiger partial charge in [-0.05, 0) is 32.6 Å². The molecule has 1 aromatic carbocycles. The quantitative estimate of drug-likeness (QED) is 0.837. The monoisotopic (exact) mass is 290 g/mol. The first-order valence-electron chi connectivity index (χ1n) is 7.64. The topological polar surface area (TPSA) is 47.6 Å². The van der Waals surface area contributed by atoms with Crippen molar-refractivity contribution in [3.8, 4) is 0 Å². The predicted octanol–water partition coefficient (Wildman–Crippen LogP) is 1.69. The van der Waals surface area contributed by atoms with Crippen molar-refractivity contribution in [2.75, 3.05) is 50.9 Å². The maximum atomic E-state index is 12.7. The van der Waals surface area contributed by atoms with Crippen LogP contribution in [0.2, 0.25) is 0 Å². The molecule has 0 aliphatic carbocycles. The number of amides is 1. The van der Waals surface area contributed by atoms with Gasteiger partial charge in [-0.25, -0.2) is 0 Å². The first kappa shape index (κ1) is 15.6. The molecule has 1 heterocycles. The normalized spacial score (nSPS) is 16.9. The lowest BCUT2D eigenvalue weighted by molar-refractivity contribution is -0.132. The Bertz CT molecular complexity index is 475. The van der Waals surface area contributed by atoms with E-state index in [0.29, 0.717) is 6.54 Å². The van der Waals surface area contributed by atoms with Gasteiger partial charge in [0.2, 0.25) is 5.91 Å². The van der Waals surface area contributed by atoms with E-state index in [1.54, 1.807) is 0 Å². The minimum Gasteiger partial charge on any atom is -0.381 e. The minimum atomic E-state index is -0.186. The van der Waals surface area contributed by atoms with Gasteiger partial charge in [0.25, 0.3) is 0 Å². The number of fused-ring (bicyclic) bond motifs is 1. The molecule has 5 nitrogen and oxygen atoms in total. The molecule has 116 valence electrons. The van der Waals surface area contributed by atoms with Gasteiger partial charge >= 0.3 is 0 Å². The predicted molar refractivity (Wildman–Crippen MR) is 87.8 cm³/mol. The highest BCUT2D eigenvalue weighted by Crippen LogP contribution is 2.25. The molecule has 5 heteroatoms. The Balaban J connectivity index is 2.01. The van der Waals surface area contributed by atoms with Crippen LogP contribution in [0.4, 0.5) is 11.4 Å². The molecule has 0 saturated heterocycles. The van der Waals surface area contributed by atoms with Gasteiger partial charge in [-0.1, -0.05) is 19.1 Å². The fourth-order valence-corrected chi connectivity index (χ4v) is 2.51. The number of nitrogens with one attached hydrogen (secondary N) is 2. The van der Waals surface area contributed by atoms with Crippen molar-refractivity contribution in [1.82, 2.24) is 9.80 Å². The molecule has 21 heavy (non-hydrogen) atoms. The van der Waals surface area contributed by atoms with E-state index in [2.05, 4.69) is 22.5 Å². The van der Waals surface area contributed by atoms with Crippen molar-refractivity contribution in [2.24, 2.45) is 0 Å². The maximum Gasteiger partial charge on any atom is 0.246 e. The van der Waals surface area contributed by atoms with Crippen LogP contribution < -0.4 is 10.6 Å². The largest absolute Gasteiger partial charge is 0.381 e. The summed E-state index contributed by atoms with van der Waals surface area (Å²) < 4.78 is 0. The molecule has 1 aliphatic rings. The fourth-order valence-electron chi connectivity index (χ4n) is 2.51. The van der Waals surface area contributed by atoms with Gasteiger partial charge < -0.3 is 20.4 Å². The summed E-state index contributed by atoms with van der Waals surface area (Å²) in [7, 11) is 4.07. The van der Waals surface area contributed by atoms with Crippen LogP contribution in [0, 0.1) is 0 Å². The van der Waals surface area contributed by atoms with Crippen LogP contribution in [0.25, 0.3) is 0 Å². The van der Waals surface area contributed by atoms with E-state index in [-0.39, 0.29) is 11.9 Å². The first-order valence-corrected chi connectivity index (χ1v) is 7.64. The summed E-state index contributed by atoms with van der Waals surface area (Å²) in [6.45, 7) is 5.23. The molecule has 0 spiro atoms. The lowest BCUT2D eigenvalue weighted by Gasteiger charge is -2.32. The van der Waals surface area contributed by atoms with Crippen LogP contribution in [-0.4, -0.2) is 62.0 Å². The summed E-state index contributed by atoms with van der Waals surface area (Å²) in [4.78, 5) is 16.8. The van der Waals surface area contributed by atoms with Crippen LogP contribution in [0.5, 0.6) is 0 Å². The standard InChI is InChI=1S/C16H26N4O/c1-4-9-20(11-10-19(2)3)16(21)15-12-17-13-7-5-6-8-14(13)18-15/h5-8,15,17-18H,4,9-12H2,1-3H3. The van der Waals surface area contributed by atoms with Crippen LogP contribution >= 0.6 is 0 Å². The molecular weight excluding hydrogens is 264 g/mol. The maximum absolute atomic E-state index is 12.7. The van der Waals surface area contributed by atoms with E-state index in [0.717, 1.165) is 37.4 Å². The highest BCUT2D eigenvalue weighted by atomic mass is 16.2. The summed E-state index contributed by atoms with van der Waals surface area (Å²) in [5, 5.41) is 6.69. The first-order chi connectivity index (χ1) is 10.1. The van der Waals surface area contributed by atoms with E-state index in [1.807, 2.05) is 43.3 Å². The zero-order valence-electron chi connectivity index (χ0n) is 13.2. The third kappa shape index (κ3) is 4.11. The SMILES string of the molecule is CCCN(CCN(C)C)C(=O)C1CNc2ccccc2N1. The number of anilines is 2. The number of nitrogens with zero attached hydrogens (tertiary/aromatic N) is 2. The number of rotatable bonds is 6. The summed E-state index contributed by atoms with van der Waals surface area (Å²) >= 11 is 0. The molecule has 0 radical (unpaired) electrons. The fraction of sp³-hybridized carbons (Fsp3) is 0.562. The zero-order valence-corrected chi connectivity index (χ0v) is 13.2. The Kier molecular flexibility index (Phi) is 5.44. The van der Waals surface area contributed by atoms with Crippen molar-refractivity contribution in [3.05, 3.63) is 24.3 Å². The van der Waals surface area contributed by atoms with Crippen molar-refractivity contribution in [3.63, 3.8) is 0 Å². The molecule has 1 aromatic rings. The van der Waals surface area contributed by atoms with E-state index >= 15 is 0 Å². The Morgan fingerprint density at radius 1 is 1.19 bits per heavy atom. The third-order valence-corrected chi connectivity index (χ3v) is 3.67. The molecule has 0 fully saturated rings. The average Bonchev–Trinajstić information content (AvgIpc) is 2.50.